The lowest BCUT2D eigenvalue weighted by Crippen LogP contribution is -2.48. The molecule has 0 atom stereocenters. The molecule has 3 heterocycles. The number of carbonyl (C=O) groups excluding carboxylic acids is 1. The van der Waals surface area contributed by atoms with E-state index < -0.39 is 0 Å². The number of thiazole rings is 1. The molecule has 0 radical (unpaired) electrons. The van der Waals surface area contributed by atoms with Gasteiger partial charge in [-0.3, -0.25) is 9.48 Å². The summed E-state index contributed by atoms with van der Waals surface area (Å²) in [6, 6.07) is 8.40. The van der Waals surface area contributed by atoms with E-state index >= 15 is 0 Å². The molecule has 1 saturated heterocycles. The third kappa shape index (κ3) is 3.55. The Hall–Kier alpha value is -2.06. The molecule has 1 amide bonds. The maximum Gasteiger partial charge on any atom is 0.274 e. The lowest BCUT2D eigenvalue weighted by molar-refractivity contribution is 0.0739. The van der Waals surface area contributed by atoms with Crippen molar-refractivity contribution in [1.82, 2.24) is 19.7 Å². The molecule has 4 rings (SSSR count). The second kappa shape index (κ2) is 7.52. The lowest BCUT2D eigenvalue weighted by Gasteiger charge is -2.34. The van der Waals surface area contributed by atoms with E-state index in [0.717, 1.165) is 23.7 Å². The fourth-order valence-corrected chi connectivity index (χ4v) is 4.89. The van der Waals surface area contributed by atoms with Crippen molar-refractivity contribution in [2.45, 2.75) is 24.8 Å². The molecule has 142 valence electrons. The maximum atomic E-state index is 12.7. The van der Waals surface area contributed by atoms with Gasteiger partial charge in [0.1, 0.15) is 5.69 Å². The Bertz CT molecular complexity index is 956. The molecule has 0 spiro atoms. The number of anilines is 1. The summed E-state index contributed by atoms with van der Waals surface area (Å²) in [5, 5.41) is 5.45. The molecule has 0 bridgehead atoms. The predicted molar refractivity (Wildman–Crippen MR) is 112 cm³/mol. The minimum absolute atomic E-state index is 0.0167. The normalized spacial score (nSPS) is 15.1. The zero-order chi connectivity index (χ0) is 19.0. The highest BCUT2D eigenvalue weighted by Crippen LogP contribution is 2.34. The van der Waals surface area contributed by atoms with Gasteiger partial charge < -0.3 is 9.80 Å². The van der Waals surface area contributed by atoms with Crippen LogP contribution < -0.4 is 4.90 Å². The molecular weight excluding hydrogens is 378 g/mol. The summed E-state index contributed by atoms with van der Waals surface area (Å²) in [5.41, 5.74) is 1.62. The van der Waals surface area contributed by atoms with E-state index in [0.29, 0.717) is 18.8 Å². The van der Waals surface area contributed by atoms with Crippen molar-refractivity contribution in [2.24, 2.45) is 0 Å². The molecule has 0 unspecified atom stereocenters. The second-order valence-electron chi connectivity index (χ2n) is 6.86. The SMILES string of the molecule is CSc1cccc2sc(N3CCN(C(=O)c4ccn(C(C)C)n4)CC3)nc12. The number of piperazine rings is 1. The molecule has 1 fully saturated rings. The van der Waals surface area contributed by atoms with Crippen molar-refractivity contribution >= 4 is 44.4 Å². The highest BCUT2D eigenvalue weighted by Gasteiger charge is 2.25. The zero-order valence-electron chi connectivity index (χ0n) is 15.8. The van der Waals surface area contributed by atoms with Gasteiger partial charge in [-0.25, -0.2) is 4.98 Å². The van der Waals surface area contributed by atoms with Crippen LogP contribution in [0.15, 0.2) is 35.4 Å². The van der Waals surface area contributed by atoms with Crippen molar-refractivity contribution in [3.8, 4) is 0 Å². The summed E-state index contributed by atoms with van der Waals surface area (Å²) in [6.45, 7) is 7.09. The van der Waals surface area contributed by atoms with Crippen LogP contribution in [-0.2, 0) is 0 Å². The van der Waals surface area contributed by atoms with Gasteiger partial charge in [0, 0.05) is 43.3 Å². The molecule has 0 aliphatic carbocycles. The number of carbonyl (C=O) groups is 1. The van der Waals surface area contributed by atoms with E-state index in [-0.39, 0.29) is 11.9 Å². The molecule has 2 aromatic heterocycles. The van der Waals surface area contributed by atoms with Crippen molar-refractivity contribution < 1.29 is 4.79 Å². The van der Waals surface area contributed by atoms with E-state index in [1.807, 2.05) is 21.8 Å². The largest absolute Gasteiger partial charge is 0.345 e. The first-order valence-corrected chi connectivity index (χ1v) is 11.1. The Morgan fingerprint density at radius 3 is 2.63 bits per heavy atom. The molecule has 8 heteroatoms. The van der Waals surface area contributed by atoms with Crippen molar-refractivity contribution in [2.75, 3.05) is 37.3 Å². The second-order valence-corrected chi connectivity index (χ2v) is 8.71. The Balaban J connectivity index is 1.45. The summed E-state index contributed by atoms with van der Waals surface area (Å²) in [4.78, 5) is 23.0. The van der Waals surface area contributed by atoms with Gasteiger partial charge in [-0.1, -0.05) is 17.4 Å². The number of fused-ring (bicyclic) bond motifs is 1. The summed E-state index contributed by atoms with van der Waals surface area (Å²) in [5.74, 6) is 0.0167. The fourth-order valence-electron chi connectivity index (χ4n) is 3.21. The van der Waals surface area contributed by atoms with Crippen molar-refractivity contribution in [1.29, 1.82) is 0 Å². The van der Waals surface area contributed by atoms with Crippen LogP contribution in [0.3, 0.4) is 0 Å². The van der Waals surface area contributed by atoms with Gasteiger partial charge in [-0.2, -0.15) is 5.10 Å². The van der Waals surface area contributed by atoms with E-state index in [4.69, 9.17) is 4.98 Å². The monoisotopic (exact) mass is 401 g/mol. The summed E-state index contributed by atoms with van der Waals surface area (Å²) in [7, 11) is 0. The average molecular weight is 402 g/mol. The molecule has 27 heavy (non-hydrogen) atoms. The Morgan fingerprint density at radius 1 is 1.19 bits per heavy atom. The number of hydrogen-bond donors (Lipinski definition) is 0. The van der Waals surface area contributed by atoms with Gasteiger partial charge in [-0.15, -0.1) is 11.8 Å². The van der Waals surface area contributed by atoms with Crippen LogP contribution in [0, 0.1) is 0 Å². The van der Waals surface area contributed by atoms with E-state index in [9.17, 15) is 4.79 Å². The van der Waals surface area contributed by atoms with Gasteiger partial charge in [0.2, 0.25) is 0 Å². The molecule has 1 aliphatic rings. The number of rotatable bonds is 4. The summed E-state index contributed by atoms with van der Waals surface area (Å²) >= 11 is 3.46. The summed E-state index contributed by atoms with van der Waals surface area (Å²) < 4.78 is 3.04. The van der Waals surface area contributed by atoms with Gasteiger partial charge >= 0.3 is 0 Å². The number of amides is 1. The summed E-state index contributed by atoms with van der Waals surface area (Å²) in [6.07, 6.45) is 3.96. The van der Waals surface area contributed by atoms with E-state index in [1.54, 1.807) is 23.1 Å². The van der Waals surface area contributed by atoms with Crippen LogP contribution in [0.2, 0.25) is 0 Å². The molecule has 1 aliphatic heterocycles. The predicted octanol–water partition coefficient (Wildman–Crippen LogP) is 3.76. The van der Waals surface area contributed by atoms with Gasteiger partial charge in [0.05, 0.1) is 10.2 Å². The average Bonchev–Trinajstić information content (AvgIpc) is 3.34. The smallest absolute Gasteiger partial charge is 0.274 e. The fraction of sp³-hybridized carbons (Fsp3) is 0.421. The number of nitrogens with zero attached hydrogens (tertiary/aromatic N) is 5. The Morgan fingerprint density at radius 2 is 1.96 bits per heavy atom. The molecule has 6 nitrogen and oxygen atoms in total. The van der Waals surface area contributed by atoms with Crippen LogP contribution in [0.25, 0.3) is 10.2 Å². The van der Waals surface area contributed by atoms with Gasteiger partial charge in [0.25, 0.3) is 5.91 Å². The van der Waals surface area contributed by atoms with Gasteiger partial charge in [-0.05, 0) is 38.3 Å². The number of para-hydroxylation sites is 1. The minimum atomic E-state index is 0.0167. The van der Waals surface area contributed by atoms with Crippen LogP contribution in [0.4, 0.5) is 5.13 Å². The topological polar surface area (TPSA) is 54.3 Å². The molecule has 0 N–H and O–H groups in total. The van der Waals surface area contributed by atoms with Crippen molar-refractivity contribution in [3.63, 3.8) is 0 Å². The standard InChI is InChI=1S/C19H23N5OS2/c1-13(2)24-8-7-14(21-24)18(25)22-9-11-23(12-10-22)19-20-17-15(26-3)5-4-6-16(17)27-19/h4-8,13H,9-12H2,1-3H3. The molecule has 0 saturated carbocycles. The lowest BCUT2D eigenvalue weighted by atomic mass is 10.3. The van der Waals surface area contributed by atoms with E-state index in [2.05, 4.69) is 48.3 Å². The van der Waals surface area contributed by atoms with Crippen LogP contribution in [0.1, 0.15) is 30.4 Å². The Kier molecular flexibility index (Phi) is 5.10. The molecule has 3 aromatic rings. The van der Waals surface area contributed by atoms with Gasteiger partial charge in [0.15, 0.2) is 5.13 Å². The maximum absolute atomic E-state index is 12.7. The number of hydrogen-bond acceptors (Lipinski definition) is 6. The van der Waals surface area contributed by atoms with Crippen LogP contribution >= 0.6 is 23.1 Å². The first kappa shape index (κ1) is 18.3. The molecule has 1 aromatic carbocycles. The number of thioether (sulfide) groups is 1. The Labute approximate surface area is 167 Å². The first-order chi connectivity index (χ1) is 13.1. The zero-order valence-corrected chi connectivity index (χ0v) is 17.4. The first-order valence-electron chi connectivity index (χ1n) is 9.09. The molecular formula is C19H23N5OS2. The number of benzene rings is 1. The highest BCUT2D eigenvalue weighted by molar-refractivity contribution is 7.98. The third-order valence-electron chi connectivity index (χ3n) is 4.78. The minimum Gasteiger partial charge on any atom is -0.345 e. The van der Waals surface area contributed by atoms with Crippen LogP contribution in [-0.4, -0.2) is 58.0 Å². The number of aromatic nitrogens is 3. The highest BCUT2D eigenvalue weighted by atomic mass is 32.2. The van der Waals surface area contributed by atoms with E-state index in [1.165, 1.54) is 9.60 Å². The van der Waals surface area contributed by atoms with Crippen LogP contribution in [0.5, 0.6) is 0 Å². The third-order valence-corrected chi connectivity index (χ3v) is 6.64. The quantitative estimate of drug-likeness (QED) is 0.623. The van der Waals surface area contributed by atoms with Crippen molar-refractivity contribution in [3.05, 3.63) is 36.2 Å².